The molecule has 1 aliphatic rings. The highest BCUT2D eigenvalue weighted by molar-refractivity contribution is 5.52. The van der Waals surface area contributed by atoms with Gasteiger partial charge in [-0.3, -0.25) is 0 Å². The number of hydrogen-bond acceptors (Lipinski definition) is 5. The molecule has 0 atom stereocenters. The Bertz CT molecular complexity index is 736. The molecule has 0 aliphatic carbocycles. The minimum Gasteiger partial charge on any atom is -0.494 e. The Kier molecular flexibility index (Phi) is 4.29. The molecule has 2 aromatic rings. The van der Waals surface area contributed by atoms with Crippen LogP contribution >= 0.6 is 0 Å². The maximum Gasteiger partial charge on any atom is 0.167 e. The van der Waals surface area contributed by atoms with Gasteiger partial charge in [0.05, 0.1) is 7.11 Å². The van der Waals surface area contributed by atoms with Crippen LogP contribution in [0.4, 0.5) is 15.9 Å². The number of piperazine rings is 1. The summed E-state index contributed by atoms with van der Waals surface area (Å²) in [5, 5.41) is 8.93. The van der Waals surface area contributed by atoms with Gasteiger partial charge in [-0.15, -0.1) is 0 Å². The molecule has 0 amide bonds. The van der Waals surface area contributed by atoms with E-state index in [-0.39, 0.29) is 11.6 Å². The van der Waals surface area contributed by atoms with Gasteiger partial charge in [-0.1, -0.05) is 6.07 Å². The first-order valence-corrected chi connectivity index (χ1v) is 7.42. The van der Waals surface area contributed by atoms with E-state index in [1.807, 2.05) is 18.2 Å². The van der Waals surface area contributed by atoms with Crippen molar-refractivity contribution in [3.05, 3.63) is 47.9 Å². The molecule has 1 aliphatic heterocycles. The quantitative estimate of drug-likeness (QED) is 0.871. The molecule has 0 unspecified atom stereocenters. The van der Waals surface area contributed by atoms with E-state index in [1.54, 1.807) is 12.1 Å². The molecule has 1 aromatic carbocycles. The second kappa shape index (κ2) is 6.53. The molecule has 118 valence electrons. The average Bonchev–Trinajstić information content (AvgIpc) is 2.62. The Morgan fingerprint density at radius 3 is 2.52 bits per heavy atom. The van der Waals surface area contributed by atoms with E-state index < -0.39 is 0 Å². The molecular formula is C17H17FN4O. The summed E-state index contributed by atoms with van der Waals surface area (Å²) in [5.74, 6) is 0.713. The minimum atomic E-state index is -0.351. The van der Waals surface area contributed by atoms with Crippen LogP contribution in [0.25, 0.3) is 0 Å². The zero-order valence-corrected chi connectivity index (χ0v) is 12.9. The highest BCUT2D eigenvalue weighted by atomic mass is 19.1. The van der Waals surface area contributed by atoms with Gasteiger partial charge in [0.1, 0.15) is 17.6 Å². The van der Waals surface area contributed by atoms with Crippen LogP contribution in [0.5, 0.6) is 5.75 Å². The minimum absolute atomic E-state index is 0.255. The lowest BCUT2D eigenvalue weighted by atomic mass is 10.2. The van der Waals surface area contributed by atoms with Gasteiger partial charge in [0.25, 0.3) is 0 Å². The number of benzene rings is 1. The number of pyridine rings is 1. The second-order valence-electron chi connectivity index (χ2n) is 5.29. The van der Waals surface area contributed by atoms with Crippen molar-refractivity contribution >= 4 is 11.5 Å². The van der Waals surface area contributed by atoms with Crippen molar-refractivity contribution in [2.75, 3.05) is 43.1 Å². The lowest BCUT2D eigenvalue weighted by Crippen LogP contribution is -2.46. The molecule has 3 rings (SSSR count). The molecule has 6 heteroatoms. The SMILES string of the molecule is COc1ccc(N2CCN(c3cccc(C#N)n3)CC2)cc1F. The van der Waals surface area contributed by atoms with Gasteiger partial charge in [-0.2, -0.15) is 5.26 Å². The predicted octanol–water partition coefficient (Wildman–Crippen LogP) is 2.43. The molecule has 0 N–H and O–H groups in total. The lowest BCUT2D eigenvalue weighted by Gasteiger charge is -2.36. The largest absolute Gasteiger partial charge is 0.494 e. The first-order chi connectivity index (χ1) is 11.2. The Balaban J connectivity index is 1.68. The van der Waals surface area contributed by atoms with Crippen molar-refractivity contribution in [2.45, 2.75) is 0 Å². The Labute approximate surface area is 134 Å². The number of rotatable bonds is 3. The van der Waals surface area contributed by atoms with Crippen molar-refractivity contribution < 1.29 is 9.13 Å². The highest BCUT2D eigenvalue weighted by Crippen LogP contribution is 2.25. The lowest BCUT2D eigenvalue weighted by molar-refractivity contribution is 0.386. The molecule has 0 bridgehead atoms. The van der Waals surface area contributed by atoms with Crippen molar-refractivity contribution in [2.24, 2.45) is 0 Å². The first-order valence-electron chi connectivity index (χ1n) is 7.42. The summed E-state index contributed by atoms with van der Waals surface area (Å²) >= 11 is 0. The van der Waals surface area contributed by atoms with Crippen LogP contribution in [0.15, 0.2) is 36.4 Å². The van der Waals surface area contributed by atoms with Crippen LogP contribution in [0.3, 0.4) is 0 Å². The first kappa shape index (κ1) is 15.1. The average molecular weight is 312 g/mol. The summed E-state index contributed by atoms with van der Waals surface area (Å²) in [5.41, 5.74) is 1.27. The van der Waals surface area contributed by atoms with E-state index in [1.165, 1.54) is 13.2 Å². The number of aromatic nitrogens is 1. The third-order valence-electron chi connectivity index (χ3n) is 3.95. The molecule has 1 saturated heterocycles. The van der Waals surface area contributed by atoms with E-state index in [9.17, 15) is 4.39 Å². The van der Waals surface area contributed by atoms with Gasteiger partial charge < -0.3 is 14.5 Å². The van der Waals surface area contributed by atoms with Crippen LogP contribution in [-0.2, 0) is 0 Å². The number of nitrogens with zero attached hydrogens (tertiary/aromatic N) is 4. The van der Waals surface area contributed by atoms with Gasteiger partial charge in [-0.25, -0.2) is 9.37 Å². The summed E-state index contributed by atoms with van der Waals surface area (Å²) in [7, 11) is 1.46. The third-order valence-corrected chi connectivity index (χ3v) is 3.95. The van der Waals surface area contributed by atoms with Gasteiger partial charge in [-0.05, 0) is 24.3 Å². The summed E-state index contributed by atoms with van der Waals surface area (Å²) in [4.78, 5) is 8.59. The van der Waals surface area contributed by atoms with E-state index >= 15 is 0 Å². The monoisotopic (exact) mass is 312 g/mol. The molecular weight excluding hydrogens is 295 g/mol. The van der Waals surface area contributed by atoms with Crippen molar-refractivity contribution in [1.29, 1.82) is 5.26 Å². The summed E-state index contributed by atoms with van der Waals surface area (Å²) in [6.07, 6.45) is 0. The van der Waals surface area contributed by atoms with Crippen molar-refractivity contribution in [3.8, 4) is 11.8 Å². The van der Waals surface area contributed by atoms with Gasteiger partial charge in [0.15, 0.2) is 11.6 Å². The maximum absolute atomic E-state index is 13.8. The molecule has 0 radical (unpaired) electrons. The second-order valence-corrected chi connectivity index (χ2v) is 5.29. The van der Waals surface area contributed by atoms with Gasteiger partial charge in [0, 0.05) is 37.9 Å². The Hall–Kier alpha value is -2.81. The molecule has 5 nitrogen and oxygen atoms in total. The van der Waals surface area contributed by atoms with E-state index in [4.69, 9.17) is 10.00 Å². The normalized spacial score (nSPS) is 14.5. The van der Waals surface area contributed by atoms with Crippen LogP contribution in [0, 0.1) is 17.1 Å². The maximum atomic E-state index is 13.8. The van der Waals surface area contributed by atoms with E-state index in [0.717, 1.165) is 37.7 Å². The van der Waals surface area contributed by atoms with Crippen LogP contribution < -0.4 is 14.5 Å². The fraction of sp³-hybridized carbons (Fsp3) is 0.294. The zero-order chi connectivity index (χ0) is 16.2. The topological polar surface area (TPSA) is 52.4 Å². The van der Waals surface area contributed by atoms with Crippen molar-refractivity contribution in [3.63, 3.8) is 0 Å². The molecule has 23 heavy (non-hydrogen) atoms. The molecule has 2 heterocycles. The molecule has 0 saturated carbocycles. The van der Waals surface area contributed by atoms with Crippen LogP contribution in [0.2, 0.25) is 0 Å². The van der Waals surface area contributed by atoms with Crippen LogP contribution in [0.1, 0.15) is 5.69 Å². The highest BCUT2D eigenvalue weighted by Gasteiger charge is 2.19. The number of nitriles is 1. The summed E-state index contributed by atoms with van der Waals surface area (Å²) in [6, 6.07) is 12.5. The number of ether oxygens (including phenoxy) is 1. The van der Waals surface area contributed by atoms with E-state index in [0.29, 0.717) is 5.69 Å². The van der Waals surface area contributed by atoms with Crippen molar-refractivity contribution in [1.82, 2.24) is 4.98 Å². The Morgan fingerprint density at radius 1 is 1.13 bits per heavy atom. The molecule has 0 spiro atoms. The summed E-state index contributed by atoms with van der Waals surface area (Å²) in [6.45, 7) is 3.08. The van der Waals surface area contributed by atoms with E-state index in [2.05, 4.69) is 20.9 Å². The molecule has 1 fully saturated rings. The number of anilines is 2. The molecule has 1 aromatic heterocycles. The number of methoxy groups -OCH3 is 1. The predicted molar refractivity (Wildman–Crippen MR) is 86.3 cm³/mol. The zero-order valence-electron chi connectivity index (χ0n) is 12.9. The van der Waals surface area contributed by atoms with Gasteiger partial charge >= 0.3 is 0 Å². The third kappa shape index (κ3) is 3.19. The van der Waals surface area contributed by atoms with Crippen LogP contribution in [-0.4, -0.2) is 38.3 Å². The summed E-state index contributed by atoms with van der Waals surface area (Å²) < 4.78 is 18.8. The van der Waals surface area contributed by atoms with Gasteiger partial charge in [0.2, 0.25) is 0 Å². The number of hydrogen-bond donors (Lipinski definition) is 0. The Morgan fingerprint density at radius 2 is 1.87 bits per heavy atom. The number of halogens is 1. The standard InChI is InChI=1S/C17H17FN4O/c1-23-16-6-5-14(11-15(16)18)21-7-9-22(10-8-21)17-4-2-3-13(12-19)20-17/h2-6,11H,7-10H2,1H3. The fourth-order valence-corrected chi connectivity index (χ4v) is 2.71. The fourth-order valence-electron chi connectivity index (χ4n) is 2.71. The smallest absolute Gasteiger partial charge is 0.167 e.